The van der Waals surface area contributed by atoms with Gasteiger partial charge in [-0.15, -0.1) is 6.58 Å². The molecule has 0 aromatic heterocycles. The van der Waals surface area contributed by atoms with Gasteiger partial charge in [0.1, 0.15) is 0 Å². The van der Waals surface area contributed by atoms with Crippen molar-refractivity contribution in [3.63, 3.8) is 0 Å². The smallest absolute Gasteiger partial charge is 0.155 e. The van der Waals surface area contributed by atoms with Crippen molar-refractivity contribution in [2.75, 3.05) is 0 Å². The van der Waals surface area contributed by atoms with Gasteiger partial charge in [-0.25, -0.2) is 0 Å². The van der Waals surface area contributed by atoms with Crippen LogP contribution in [0.1, 0.15) is 13.3 Å². The Hall–Kier alpha value is -1.05. The zero-order chi connectivity index (χ0) is 7.28. The van der Waals surface area contributed by atoms with Crippen molar-refractivity contribution in [1.82, 2.24) is 0 Å². The highest BCUT2D eigenvalue weighted by Gasteiger charge is 1.89. The number of hydrogen-bond donors (Lipinski definition) is 1. The molecular weight excluding hydrogens is 116 g/mol. The summed E-state index contributed by atoms with van der Waals surface area (Å²) in [6, 6.07) is 0. The van der Waals surface area contributed by atoms with Crippen molar-refractivity contribution in [3.05, 3.63) is 24.5 Å². The van der Waals surface area contributed by atoms with E-state index in [0.717, 1.165) is 0 Å². The van der Waals surface area contributed by atoms with Crippen molar-refractivity contribution in [3.8, 4) is 0 Å². The average molecular weight is 126 g/mol. The minimum atomic E-state index is -0.144. The first kappa shape index (κ1) is 7.95. The molecule has 0 bridgehead atoms. The van der Waals surface area contributed by atoms with Gasteiger partial charge in [0.15, 0.2) is 5.78 Å². The minimum Gasteiger partial charge on any atom is -0.512 e. The van der Waals surface area contributed by atoms with Gasteiger partial charge in [-0.05, 0) is 6.92 Å². The van der Waals surface area contributed by atoms with E-state index in [1.54, 1.807) is 0 Å². The lowest BCUT2D eigenvalue weighted by Crippen LogP contribution is -1.86. The molecule has 2 nitrogen and oxygen atoms in total. The highest BCUT2D eigenvalue weighted by molar-refractivity contribution is 5.87. The van der Waals surface area contributed by atoms with E-state index < -0.39 is 0 Å². The molecule has 1 N–H and O–H groups in total. The number of ketones is 1. The summed E-state index contributed by atoms with van der Waals surface area (Å²) in [6.45, 7) is 4.78. The van der Waals surface area contributed by atoms with Crippen LogP contribution in [0.5, 0.6) is 0 Å². The van der Waals surface area contributed by atoms with Gasteiger partial charge in [-0.1, -0.05) is 6.08 Å². The first-order valence-electron chi connectivity index (χ1n) is 2.68. The Morgan fingerprint density at radius 3 is 2.67 bits per heavy atom. The second kappa shape index (κ2) is 3.89. The molecular formula is C7H10O2. The van der Waals surface area contributed by atoms with Crippen LogP contribution in [0.4, 0.5) is 0 Å². The maximum atomic E-state index is 10.3. The van der Waals surface area contributed by atoms with Crippen molar-refractivity contribution in [2.45, 2.75) is 13.3 Å². The molecule has 0 aliphatic heterocycles. The molecule has 0 amide bonds. The Bertz CT molecular complexity index is 145. The van der Waals surface area contributed by atoms with E-state index in [4.69, 9.17) is 5.11 Å². The highest BCUT2D eigenvalue weighted by Crippen LogP contribution is 1.95. The monoisotopic (exact) mass is 126 g/mol. The second-order valence-electron chi connectivity index (χ2n) is 1.74. The van der Waals surface area contributed by atoms with Crippen LogP contribution in [0, 0.1) is 0 Å². The van der Waals surface area contributed by atoms with Crippen LogP contribution >= 0.6 is 0 Å². The molecule has 0 aromatic rings. The second-order valence-corrected chi connectivity index (χ2v) is 1.74. The number of hydrogen-bond acceptors (Lipinski definition) is 2. The summed E-state index contributed by atoms with van der Waals surface area (Å²) < 4.78 is 0. The molecule has 0 rings (SSSR count). The lowest BCUT2D eigenvalue weighted by Gasteiger charge is -1.89. The van der Waals surface area contributed by atoms with E-state index in [1.807, 2.05) is 0 Å². The highest BCUT2D eigenvalue weighted by atomic mass is 16.3. The predicted molar refractivity (Wildman–Crippen MR) is 36.2 cm³/mol. The topological polar surface area (TPSA) is 37.3 Å². The molecule has 0 radical (unpaired) electrons. The van der Waals surface area contributed by atoms with Gasteiger partial charge >= 0.3 is 0 Å². The van der Waals surface area contributed by atoms with Crippen LogP contribution in [-0.4, -0.2) is 10.9 Å². The standard InChI is InChI=1S/C7H10O2/c1-3-4-7(9)5-6(2)8/h3,5,9H,1,4H2,2H3/b7-5-. The summed E-state index contributed by atoms with van der Waals surface area (Å²) in [6.07, 6.45) is 3.08. The van der Waals surface area contributed by atoms with Gasteiger partial charge in [0, 0.05) is 12.5 Å². The molecule has 0 fully saturated rings. The maximum Gasteiger partial charge on any atom is 0.155 e. The summed E-state index contributed by atoms with van der Waals surface area (Å²) >= 11 is 0. The van der Waals surface area contributed by atoms with E-state index in [9.17, 15) is 4.79 Å². The number of aliphatic hydroxyl groups is 1. The Kier molecular flexibility index (Phi) is 3.44. The van der Waals surface area contributed by atoms with Crippen molar-refractivity contribution < 1.29 is 9.90 Å². The number of carbonyl (C=O) groups is 1. The van der Waals surface area contributed by atoms with Crippen LogP contribution in [0.25, 0.3) is 0 Å². The molecule has 0 saturated carbocycles. The van der Waals surface area contributed by atoms with Crippen LogP contribution in [0.15, 0.2) is 24.5 Å². The molecule has 0 atom stereocenters. The first-order chi connectivity index (χ1) is 4.16. The average Bonchev–Trinajstić information content (AvgIpc) is 1.63. The molecule has 50 valence electrons. The Morgan fingerprint density at radius 2 is 2.33 bits per heavy atom. The fraction of sp³-hybridized carbons (Fsp3) is 0.286. The number of aliphatic hydroxyl groups excluding tert-OH is 1. The SMILES string of the molecule is C=CC/C(O)=C/C(C)=O. The third kappa shape index (κ3) is 4.81. The van der Waals surface area contributed by atoms with E-state index in [1.165, 1.54) is 19.1 Å². The largest absolute Gasteiger partial charge is 0.512 e. The van der Waals surface area contributed by atoms with Crippen LogP contribution in [0.3, 0.4) is 0 Å². The Balaban J connectivity index is 3.83. The van der Waals surface area contributed by atoms with E-state index in [0.29, 0.717) is 6.42 Å². The van der Waals surface area contributed by atoms with Gasteiger partial charge in [0.25, 0.3) is 0 Å². The predicted octanol–water partition coefficient (Wildman–Crippen LogP) is 1.59. The van der Waals surface area contributed by atoms with Crippen molar-refractivity contribution in [1.29, 1.82) is 0 Å². The number of allylic oxidation sites excluding steroid dienone is 2. The fourth-order valence-corrected chi connectivity index (χ4v) is 0.441. The molecule has 0 heterocycles. The number of rotatable bonds is 3. The molecule has 0 spiro atoms. The normalized spacial score (nSPS) is 11.0. The molecule has 0 unspecified atom stereocenters. The van der Waals surface area contributed by atoms with Gasteiger partial charge in [-0.3, -0.25) is 4.79 Å². The van der Waals surface area contributed by atoms with Gasteiger partial charge in [0.2, 0.25) is 0 Å². The van der Waals surface area contributed by atoms with Crippen LogP contribution in [-0.2, 0) is 4.79 Å². The van der Waals surface area contributed by atoms with E-state index in [-0.39, 0.29) is 11.5 Å². The summed E-state index contributed by atoms with van der Waals surface area (Å²) in [5.74, 6) is -0.0770. The van der Waals surface area contributed by atoms with Crippen LogP contribution < -0.4 is 0 Å². The van der Waals surface area contributed by atoms with Crippen molar-refractivity contribution >= 4 is 5.78 Å². The quantitative estimate of drug-likeness (QED) is 0.354. The Labute approximate surface area is 54.5 Å². The summed E-state index contributed by atoms with van der Waals surface area (Å²) in [4.78, 5) is 10.3. The molecule has 0 aromatic carbocycles. The Morgan fingerprint density at radius 1 is 1.78 bits per heavy atom. The molecule has 9 heavy (non-hydrogen) atoms. The molecule has 0 aliphatic rings. The maximum absolute atomic E-state index is 10.3. The third-order valence-electron chi connectivity index (χ3n) is 0.723. The summed E-state index contributed by atoms with van der Waals surface area (Å²) in [7, 11) is 0. The van der Waals surface area contributed by atoms with Crippen LogP contribution in [0.2, 0.25) is 0 Å². The van der Waals surface area contributed by atoms with Gasteiger partial charge in [0.05, 0.1) is 5.76 Å². The zero-order valence-electron chi connectivity index (χ0n) is 5.42. The lowest BCUT2D eigenvalue weighted by atomic mass is 10.3. The fourth-order valence-electron chi connectivity index (χ4n) is 0.441. The van der Waals surface area contributed by atoms with E-state index >= 15 is 0 Å². The third-order valence-corrected chi connectivity index (χ3v) is 0.723. The lowest BCUT2D eigenvalue weighted by molar-refractivity contribution is -0.112. The van der Waals surface area contributed by atoms with Gasteiger partial charge in [-0.2, -0.15) is 0 Å². The minimum absolute atomic E-state index is 0.0671. The molecule has 2 heteroatoms. The summed E-state index contributed by atoms with van der Waals surface area (Å²) in [5.41, 5.74) is 0. The molecule has 0 aliphatic carbocycles. The summed E-state index contributed by atoms with van der Waals surface area (Å²) in [5, 5.41) is 8.79. The van der Waals surface area contributed by atoms with Gasteiger partial charge < -0.3 is 5.11 Å². The van der Waals surface area contributed by atoms with Crippen molar-refractivity contribution in [2.24, 2.45) is 0 Å². The first-order valence-corrected chi connectivity index (χ1v) is 2.68. The number of carbonyl (C=O) groups excluding carboxylic acids is 1. The molecule has 0 saturated heterocycles. The van der Waals surface area contributed by atoms with E-state index in [2.05, 4.69) is 6.58 Å². The zero-order valence-corrected chi connectivity index (χ0v) is 5.42.